The van der Waals surface area contributed by atoms with Gasteiger partial charge in [-0.05, 0) is 48.3 Å². The topological polar surface area (TPSA) is 141 Å². The quantitative estimate of drug-likeness (QED) is 0.422. The van der Waals surface area contributed by atoms with E-state index in [2.05, 4.69) is 22.0 Å². The Bertz CT molecular complexity index is 1190. The molecular weight excluding hydrogens is 543 g/mol. The number of ether oxygens (including phenoxy) is 1. The van der Waals surface area contributed by atoms with Crippen LogP contribution in [0.25, 0.3) is 0 Å². The number of alkyl carbamates (subject to hydrolysis) is 1. The molecule has 10 nitrogen and oxygen atoms in total. The van der Waals surface area contributed by atoms with Crippen LogP contribution in [-0.4, -0.2) is 71.2 Å². The van der Waals surface area contributed by atoms with Crippen LogP contribution in [0.3, 0.4) is 0 Å². The number of nitrogens with one attached hydrogen (secondary N) is 3. The van der Waals surface area contributed by atoms with Crippen LogP contribution < -0.4 is 16.0 Å². The van der Waals surface area contributed by atoms with Gasteiger partial charge in [-0.25, -0.2) is 4.79 Å². The number of rotatable bonds is 7. The fourth-order valence-corrected chi connectivity index (χ4v) is 6.90. The number of carbonyl (C=O) groups excluding carboxylic acids is 4. The Balaban J connectivity index is 1.27. The van der Waals surface area contributed by atoms with Crippen LogP contribution in [0.5, 0.6) is 0 Å². The molecule has 0 radical (unpaired) electrons. The molecule has 2 aliphatic heterocycles. The van der Waals surface area contributed by atoms with Crippen LogP contribution in [0, 0.1) is 45.8 Å². The molecule has 13 heteroatoms. The molecule has 3 saturated carbocycles. The minimum absolute atomic E-state index is 0.0321. The molecule has 5 fully saturated rings. The molecule has 0 bridgehead atoms. The first-order valence-electron chi connectivity index (χ1n) is 14.2. The summed E-state index contributed by atoms with van der Waals surface area (Å²) in [5.41, 5.74) is -1.22. The number of carbonyl (C=O) groups is 4. The summed E-state index contributed by atoms with van der Waals surface area (Å²) in [6.07, 6.45) is -4.56. The maximum absolute atomic E-state index is 13.9. The van der Waals surface area contributed by atoms with Gasteiger partial charge in [0.25, 0.3) is 0 Å². The zero-order valence-corrected chi connectivity index (χ0v) is 23.9. The number of likely N-dealkylation sites (tertiary alicyclic amines) is 1. The van der Waals surface area contributed by atoms with Crippen LogP contribution in [0.1, 0.15) is 66.7 Å². The molecule has 8 atom stereocenters. The molecule has 3 N–H and O–H groups in total. The van der Waals surface area contributed by atoms with E-state index in [1.54, 1.807) is 20.8 Å². The number of fused-ring (bicyclic) bond motifs is 1. The zero-order chi connectivity index (χ0) is 30.3. The van der Waals surface area contributed by atoms with Gasteiger partial charge in [0.05, 0.1) is 12.0 Å². The van der Waals surface area contributed by atoms with Gasteiger partial charge < -0.3 is 25.6 Å². The highest BCUT2D eigenvalue weighted by Crippen LogP contribution is 2.65. The van der Waals surface area contributed by atoms with Crippen LogP contribution in [0.15, 0.2) is 0 Å². The maximum Gasteiger partial charge on any atom is 0.408 e. The van der Waals surface area contributed by atoms with Crippen molar-refractivity contribution in [2.24, 2.45) is 34.5 Å². The Morgan fingerprint density at radius 2 is 1.85 bits per heavy atom. The lowest BCUT2D eigenvalue weighted by molar-refractivity contribution is -0.154. The molecule has 226 valence electrons. The summed E-state index contributed by atoms with van der Waals surface area (Å²) < 4.78 is 43.6. The molecule has 0 aromatic carbocycles. The Kier molecular flexibility index (Phi) is 6.82. The van der Waals surface area contributed by atoms with Gasteiger partial charge in [-0.3, -0.25) is 14.4 Å². The average Bonchev–Trinajstić information content (AvgIpc) is 3.78. The molecular formula is C28H38F3N5O5. The Morgan fingerprint density at radius 1 is 1.20 bits per heavy atom. The van der Waals surface area contributed by atoms with Gasteiger partial charge in [-0.2, -0.15) is 18.4 Å². The summed E-state index contributed by atoms with van der Waals surface area (Å²) in [7, 11) is 0. The highest BCUT2D eigenvalue weighted by atomic mass is 19.4. The average molecular weight is 582 g/mol. The van der Waals surface area contributed by atoms with Gasteiger partial charge in [0, 0.05) is 24.4 Å². The largest absolute Gasteiger partial charge is 0.446 e. The first-order valence-corrected chi connectivity index (χ1v) is 14.2. The molecule has 0 aromatic heterocycles. The smallest absolute Gasteiger partial charge is 0.408 e. The standard InChI is InChI=1S/C28H38F3N5O5/c1-25(2,3)20(34-24(40)41-17-9-15(17)28(29,30)31)23(39)36-12-16-18(26(16,4)5)19(36)22(38)33-14(11-32)8-13-10-27(6-7-27)35-21(13)37/h13-20H,6-10,12H2,1-5H3,(H,33,38)(H,34,40)(H,35,37)/t13-,14+,15?,16+,17?,18+,19+,20-/m1/s1. The Hall–Kier alpha value is -3.04. The SMILES string of the molecule is CC(C)(C)[C@H](NC(=O)OC1CC1C(F)(F)F)C(=O)N1C[C@H]2[C@@H]([C@H]1C(=O)N[C@H](C#N)C[C@@H]1CC3(CC3)NC1=O)C2(C)C. The maximum atomic E-state index is 13.9. The van der Waals surface area contributed by atoms with Crippen molar-refractivity contribution in [1.82, 2.24) is 20.9 Å². The van der Waals surface area contributed by atoms with Crippen molar-refractivity contribution in [1.29, 1.82) is 5.26 Å². The molecule has 2 unspecified atom stereocenters. The number of alkyl halides is 3. The van der Waals surface area contributed by atoms with Crippen molar-refractivity contribution in [3.05, 3.63) is 0 Å². The number of nitriles is 1. The minimum Gasteiger partial charge on any atom is -0.446 e. The van der Waals surface area contributed by atoms with E-state index in [-0.39, 0.29) is 54.0 Å². The summed E-state index contributed by atoms with van der Waals surface area (Å²) in [4.78, 5) is 53.9. The summed E-state index contributed by atoms with van der Waals surface area (Å²) in [6, 6.07) is -0.898. The van der Waals surface area contributed by atoms with Crippen LogP contribution >= 0.6 is 0 Å². The van der Waals surface area contributed by atoms with Crippen molar-refractivity contribution < 1.29 is 37.1 Å². The fraction of sp³-hybridized carbons (Fsp3) is 0.821. The molecule has 2 heterocycles. The van der Waals surface area contributed by atoms with E-state index in [1.807, 2.05) is 13.8 Å². The second-order valence-electron chi connectivity index (χ2n) is 14.3. The van der Waals surface area contributed by atoms with E-state index in [0.29, 0.717) is 6.42 Å². The van der Waals surface area contributed by atoms with E-state index in [9.17, 15) is 37.6 Å². The third-order valence-corrected chi connectivity index (χ3v) is 9.79. The third-order valence-electron chi connectivity index (χ3n) is 9.79. The fourth-order valence-electron chi connectivity index (χ4n) is 6.90. The lowest BCUT2D eigenvalue weighted by Gasteiger charge is -2.37. The molecule has 5 rings (SSSR count). The first-order chi connectivity index (χ1) is 18.9. The predicted molar refractivity (Wildman–Crippen MR) is 137 cm³/mol. The normalized spacial score (nSPS) is 33.6. The highest BCUT2D eigenvalue weighted by molar-refractivity contribution is 5.93. The van der Waals surface area contributed by atoms with E-state index in [1.165, 1.54) is 4.90 Å². The van der Waals surface area contributed by atoms with Gasteiger partial charge in [0.15, 0.2) is 0 Å². The van der Waals surface area contributed by atoms with Crippen LogP contribution in [0.4, 0.5) is 18.0 Å². The highest BCUT2D eigenvalue weighted by Gasteiger charge is 2.70. The van der Waals surface area contributed by atoms with E-state index in [0.717, 1.165) is 12.8 Å². The molecule has 2 saturated heterocycles. The van der Waals surface area contributed by atoms with Crippen molar-refractivity contribution >= 4 is 23.8 Å². The molecule has 3 aliphatic carbocycles. The van der Waals surface area contributed by atoms with Gasteiger partial charge in [-0.15, -0.1) is 0 Å². The molecule has 41 heavy (non-hydrogen) atoms. The molecule has 5 aliphatic rings. The lowest BCUT2D eigenvalue weighted by atomic mass is 9.85. The molecule has 4 amide bonds. The van der Waals surface area contributed by atoms with Crippen LogP contribution in [0.2, 0.25) is 0 Å². The van der Waals surface area contributed by atoms with E-state index >= 15 is 0 Å². The number of hydrogen-bond acceptors (Lipinski definition) is 6. The second-order valence-corrected chi connectivity index (χ2v) is 14.3. The summed E-state index contributed by atoms with van der Waals surface area (Å²) in [6.45, 7) is 9.38. The van der Waals surface area contributed by atoms with Gasteiger partial charge in [0.1, 0.15) is 24.2 Å². The van der Waals surface area contributed by atoms with E-state index < -0.39 is 59.6 Å². The monoisotopic (exact) mass is 581 g/mol. The summed E-state index contributed by atoms with van der Waals surface area (Å²) in [5.74, 6) is -3.37. The Labute approximate surface area is 237 Å². The number of amides is 4. The van der Waals surface area contributed by atoms with Crippen molar-refractivity contribution in [2.75, 3.05) is 6.54 Å². The first kappa shape index (κ1) is 29.5. The van der Waals surface area contributed by atoms with Gasteiger partial charge in [-0.1, -0.05) is 34.6 Å². The lowest BCUT2D eigenvalue weighted by Crippen LogP contribution is -2.60. The Morgan fingerprint density at radius 3 is 2.37 bits per heavy atom. The number of nitrogens with zero attached hydrogens (tertiary/aromatic N) is 2. The van der Waals surface area contributed by atoms with Crippen molar-refractivity contribution in [3.8, 4) is 6.07 Å². The van der Waals surface area contributed by atoms with E-state index in [4.69, 9.17) is 4.74 Å². The van der Waals surface area contributed by atoms with Crippen LogP contribution in [-0.2, 0) is 19.1 Å². The minimum atomic E-state index is -4.46. The van der Waals surface area contributed by atoms with Crippen molar-refractivity contribution in [2.45, 2.75) is 103 Å². The number of hydrogen-bond donors (Lipinski definition) is 3. The van der Waals surface area contributed by atoms with Crippen molar-refractivity contribution in [3.63, 3.8) is 0 Å². The second kappa shape index (κ2) is 9.49. The third kappa shape index (κ3) is 5.58. The summed E-state index contributed by atoms with van der Waals surface area (Å²) >= 11 is 0. The zero-order valence-electron chi connectivity index (χ0n) is 23.9. The molecule has 1 spiro atoms. The number of halogens is 3. The number of piperidine rings is 1. The summed E-state index contributed by atoms with van der Waals surface area (Å²) in [5, 5.41) is 18.0. The van der Waals surface area contributed by atoms with Gasteiger partial charge >= 0.3 is 12.3 Å². The van der Waals surface area contributed by atoms with Gasteiger partial charge in [0.2, 0.25) is 17.7 Å². The predicted octanol–water partition coefficient (Wildman–Crippen LogP) is 2.63. The molecule has 0 aromatic rings.